The summed E-state index contributed by atoms with van der Waals surface area (Å²) in [5.41, 5.74) is 1.39. The predicted molar refractivity (Wildman–Crippen MR) is 109 cm³/mol. The molecule has 0 atom stereocenters. The molecule has 0 aliphatic heterocycles. The van der Waals surface area contributed by atoms with Gasteiger partial charge in [-0.3, -0.25) is 0 Å². The minimum atomic E-state index is -3.88. The lowest BCUT2D eigenvalue weighted by Gasteiger charge is -2.08. The van der Waals surface area contributed by atoms with Gasteiger partial charge in [-0.25, -0.2) is 8.42 Å². The van der Waals surface area contributed by atoms with Crippen molar-refractivity contribution >= 4 is 27.5 Å². The highest BCUT2D eigenvalue weighted by Crippen LogP contribution is 2.24. The van der Waals surface area contributed by atoms with Crippen LogP contribution in [0.2, 0.25) is 5.02 Å². The Balaban J connectivity index is 1.85. The summed E-state index contributed by atoms with van der Waals surface area (Å²) in [5, 5.41) is 10.0. The Labute approximate surface area is 169 Å². The van der Waals surface area contributed by atoms with E-state index < -0.39 is 9.84 Å². The maximum atomic E-state index is 12.7. The van der Waals surface area contributed by atoms with Gasteiger partial charge in [0.15, 0.2) is 0 Å². The Morgan fingerprint density at radius 2 is 1.71 bits per heavy atom. The average Bonchev–Trinajstić information content (AvgIpc) is 2.72. The number of hydrogen-bond donors (Lipinski definition) is 0. The van der Waals surface area contributed by atoms with Crippen LogP contribution < -0.4 is 4.74 Å². The van der Waals surface area contributed by atoms with Gasteiger partial charge < -0.3 is 4.74 Å². The molecule has 0 amide bonds. The van der Waals surface area contributed by atoms with E-state index >= 15 is 0 Å². The second kappa shape index (κ2) is 8.75. The lowest BCUT2D eigenvalue weighted by molar-refractivity contribution is 0.306. The lowest BCUT2D eigenvalue weighted by atomic mass is 10.2. The van der Waals surface area contributed by atoms with Crippen LogP contribution in [0, 0.1) is 11.3 Å². The van der Waals surface area contributed by atoms with Crippen LogP contribution in [0.3, 0.4) is 0 Å². The number of sulfone groups is 1. The second-order valence-electron chi connectivity index (χ2n) is 5.89. The molecule has 4 nitrogen and oxygen atoms in total. The Hall–Kier alpha value is -3.07. The fraction of sp³-hybridized carbons (Fsp3) is 0.0455. The highest BCUT2D eigenvalue weighted by molar-refractivity contribution is 7.95. The molecule has 0 fully saturated rings. The summed E-state index contributed by atoms with van der Waals surface area (Å²) < 4.78 is 31.1. The Bertz CT molecular complexity index is 1150. The van der Waals surface area contributed by atoms with Crippen molar-refractivity contribution in [3.63, 3.8) is 0 Å². The van der Waals surface area contributed by atoms with Crippen molar-refractivity contribution in [1.82, 2.24) is 0 Å². The first-order valence-electron chi connectivity index (χ1n) is 8.39. The molecule has 3 aromatic carbocycles. The monoisotopic (exact) mass is 409 g/mol. The minimum Gasteiger partial charge on any atom is -0.489 e. The summed E-state index contributed by atoms with van der Waals surface area (Å²) >= 11 is 6.13. The maximum absolute atomic E-state index is 12.7. The number of nitriles is 1. The third-order valence-electron chi connectivity index (χ3n) is 3.96. The third kappa shape index (κ3) is 4.61. The number of halogens is 1. The standard InChI is InChI=1S/C22H16ClNO3S/c23-22-12-5-4-8-18(22)16-27-19-9-6-7-17(13-19)14-21(15-24)28(25,26)20-10-2-1-3-11-20/h1-14H,16H2/b21-14+. The first kappa shape index (κ1) is 19.7. The van der Waals surface area contributed by atoms with Crippen LogP contribution in [0.15, 0.2) is 88.7 Å². The molecule has 3 rings (SSSR count). The number of benzene rings is 3. The van der Waals surface area contributed by atoms with E-state index in [4.69, 9.17) is 16.3 Å². The molecule has 140 valence electrons. The molecule has 0 spiro atoms. The summed E-state index contributed by atoms with van der Waals surface area (Å²) in [6.45, 7) is 0.278. The number of allylic oxidation sites excluding steroid dienone is 1. The van der Waals surface area contributed by atoms with Crippen molar-refractivity contribution in [1.29, 1.82) is 5.26 Å². The normalized spacial score (nSPS) is 11.6. The topological polar surface area (TPSA) is 67.2 Å². The smallest absolute Gasteiger partial charge is 0.216 e. The second-order valence-corrected chi connectivity index (χ2v) is 8.21. The fourth-order valence-corrected chi connectivity index (χ4v) is 3.89. The zero-order valence-corrected chi connectivity index (χ0v) is 16.3. The average molecular weight is 410 g/mol. The van der Waals surface area contributed by atoms with Crippen molar-refractivity contribution in [3.8, 4) is 11.8 Å². The molecule has 0 aliphatic rings. The van der Waals surface area contributed by atoms with Crippen molar-refractivity contribution < 1.29 is 13.2 Å². The van der Waals surface area contributed by atoms with E-state index in [0.29, 0.717) is 16.3 Å². The van der Waals surface area contributed by atoms with Crippen LogP contribution in [0.1, 0.15) is 11.1 Å². The maximum Gasteiger partial charge on any atom is 0.216 e. The van der Waals surface area contributed by atoms with Gasteiger partial charge in [-0.15, -0.1) is 0 Å². The zero-order valence-electron chi connectivity index (χ0n) is 14.7. The van der Waals surface area contributed by atoms with E-state index in [9.17, 15) is 13.7 Å². The van der Waals surface area contributed by atoms with Gasteiger partial charge in [-0.1, -0.05) is 60.1 Å². The zero-order chi connectivity index (χ0) is 20.0. The number of rotatable bonds is 6. The van der Waals surface area contributed by atoms with Gasteiger partial charge >= 0.3 is 0 Å². The van der Waals surface area contributed by atoms with E-state index in [1.54, 1.807) is 54.6 Å². The van der Waals surface area contributed by atoms with Crippen LogP contribution in [-0.2, 0) is 16.4 Å². The van der Waals surface area contributed by atoms with Gasteiger partial charge in [0.1, 0.15) is 23.3 Å². The summed E-state index contributed by atoms with van der Waals surface area (Å²) in [4.78, 5) is -0.254. The van der Waals surface area contributed by atoms with Crippen LogP contribution in [0.5, 0.6) is 5.75 Å². The first-order chi connectivity index (χ1) is 13.5. The van der Waals surface area contributed by atoms with E-state index in [1.807, 2.05) is 18.2 Å². The molecule has 0 aromatic heterocycles. The molecule has 0 aliphatic carbocycles. The van der Waals surface area contributed by atoms with Crippen LogP contribution in [0.4, 0.5) is 0 Å². The molecular formula is C22H16ClNO3S. The molecule has 0 bridgehead atoms. The minimum absolute atomic E-state index is 0.0777. The van der Waals surface area contributed by atoms with E-state index in [1.165, 1.54) is 18.2 Å². The van der Waals surface area contributed by atoms with Gasteiger partial charge in [0.2, 0.25) is 9.84 Å². The highest BCUT2D eigenvalue weighted by atomic mass is 35.5. The quantitative estimate of drug-likeness (QED) is 0.521. The molecule has 6 heteroatoms. The number of hydrogen-bond acceptors (Lipinski definition) is 4. The van der Waals surface area contributed by atoms with Crippen molar-refractivity contribution in [2.45, 2.75) is 11.5 Å². The largest absolute Gasteiger partial charge is 0.489 e. The molecule has 0 unspecified atom stereocenters. The summed E-state index contributed by atoms with van der Waals surface area (Å²) in [6, 6.07) is 23.9. The Morgan fingerprint density at radius 1 is 1.00 bits per heavy atom. The molecule has 0 N–H and O–H groups in total. The molecule has 0 saturated heterocycles. The number of ether oxygens (including phenoxy) is 1. The molecular weight excluding hydrogens is 394 g/mol. The molecule has 0 radical (unpaired) electrons. The van der Waals surface area contributed by atoms with Crippen LogP contribution >= 0.6 is 11.6 Å². The summed E-state index contributed by atoms with van der Waals surface area (Å²) in [7, 11) is -3.88. The molecule has 0 heterocycles. The number of nitrogens with zero attached hydrogens (tertiary/aromatic N) is 1. The SMILES string of the molecule is N#C/C(=C\c1cccc(OCc2ccccc2Cl)c1)S(=O)(=O)c1ccccc1. The van der Waals surface area contributed by atoms with Crippen molar-refractivity contribution in [2.75, 3.05) is 0 Å². The van der Waals surface area contributed by atoms with Gasteiger partial charge in [0, 0.05) is 10.6 Å². The molecule has 0 saturated carbocycles. The first-order valence-corrected chi connectivity index (χ1v) is 10.2. The van der Waals surface area contributed by atoms with Gasteiger partial charge in [0.25, 0.3) is 0 Å². The van der Waals surface area contributed by atoms with Gasteiger partial charge in [-0.2, -0.15) is 5.26 Å². The van der Waals surface area contributed by atoms with Gasteiger partial charge in [0.05, 0.1) is 4.90 Å². The third-order valence-corrected chi connectivity index (χ3v) is 6.01. The van der Waals surface area contributed by atoms with Crippen molar-refractivity contribution in [3.05, 3.63) is 99.9 Å². The molecule has 3 aromatic rings. The Kier molecular flexibility index (Phi) is 6.15. The summed E-state index contributed by atoms with van der Waals surface area (Å²) in [6.07, 6.45) is 1.34. The Morgan fingerprint density at radius 3 is 2.43 bits per heavy atom. The fourth-order valence-electron chi connectivity index (χ4n) is 2.52. The van der Waals surface area contributed by atoms with Crippen LogP contribution in [-0.4, -0.2) is 8.42 Å². The van der Waals surface area contributed by atoms with E-state index in [2.05, 4.69) is 0 Å². The highest BCUT2D eigenvalue weighted by Gasteiger charge is 2.20. The van der Waals surface area contributed by atoms with Gasteiger partial charge in [-0.05, 0) is 42.0 Å². The predicted octanol–water partition coefficient (Wildman–Crippen LogP) is 5.26. The lowest BCUT2D eigenvalue weighted by Crippen LogP contribution is -2.03. The van der Waals surface area contributed by atoms with Crippen LogP contribution in [0.25, 0.3) is 6.08 Å². The molecule has 28 heavy (non-hydrogen) atoms. The van der Waals surface area contributed by atoms with E-state index in [0.717, 1.165) is 5.56 Å². The van der Waals surface area contributed by atoms with E-state index in [-0.39, 0.29) is 16.4 Å². The van der Waals surface area contributed by atoms with Crippen molar-refractivity contribution in [2.24, 2.45) is 0 Å². The summed E-state index contributed by atoms with van der Waals surface area (Å²) in [5.74, 6) is 0.545.